The third-order valence-corrected chi connectivity index (χ3v) is 5.28. The summed E-state index contributed by atoms with van der Waals surface area (Å²) in [5.74, 6) is -0.653. The lowest BCUT2D eigenvalue weighted by Gasteiger charge is -2.12. The van der Waals surface area contributed by atoms with Gasteiger partial charge in [-0.1, -0.05) is 12.1 Å². The van der Waals surface area contributed by atoms with Crippen LogP contribution >= 0.6 is 0 Å². The van der Waals surface area contributed by atoms with Gasteiger partial charge in [0.25, 0.3) is 0 Å². The Balaban J connectivity index is 2.07. The van der Waals surface area contributed by atoms with Crippen molar-refractivity contribution in [2.75, 3.05) is 20.8 Å². The van der Waals surface area contributed by atoms with E-state index in [1.54, 1.807) is 6.07 Å². The van der Waals surface area contributed by atoms with E-state index >= 15 is 0 Å². The highest BCUT2D eigenvalue weighted by atomic mass is 32.2. The fourth-order valence-corrected chi connectivity index (χ4v) is 3.30. The molecule has 31 heavy (non-hydrogen) atoms. The Morgan fingerprint density at radius 1 is 1.26 bits per heavy atom. The molecular weight excluding hydrogens is 439 g/mol. The number of aromatic nitrogens is 1. The largest absolute Gasteiger partial charge is 0.495 e. The zero-order valence-electron chi connectivity index (χ0n) is 16.6. The molecule has 0 spiro atoms. The lowest BCUT2D eigenvalue weighted by Crippen LogP contribution is -2.23. The van der Waals surface area contributed by atoms with E-state index < -0.39 is 28.7 Å². The van der Waals surface area contributed by atoms with Crippen molar-refractivity contribution in [1.82, 2.24) is 15.0 Å². The molecule has 0 aliphatic rings. The van der Waals surface area contributed by atoms with Crippen LogP contribution in [0, 0.1) is 0 Å². The van der Waals surface area contributed by atoms with Crippen LogP contribution in [-0.4, -0.2) is 46.2 Å². The minimum atomic E-state index is -4.52. The van der Waals surface area contributed by atoms with Gasteiger partial charge in [0.1, 0.15) is 10.6 Å². The number of carbonyl (C=O) groups excluding carboxylic acids is 1. The van der Waals surface area contributed by atoms with E-state index in [0.717, 1.165) is 6.08 Å². The summed E-state index contributed by atoms with van der Waals surface area (Å²) < 4.78 is 73.1. The summed E-state index contributed by atoms with van der Waals surface area (Å²) in [6.45, 7) is -1.62. The lowest BCUT2D eigenvalue weighted by atomic mass is 10.2. The summed E-state index contributed by atoms with van der Waals surface area (Å²) >= 11 is 0. The normalized spacial score (nSPS) is 12.0. The standard InChI is InChI=1S/C19H20F3N3O5S/c1-23-31(27,28)16-10-13(5-7-15(16)29-2)6-8-17(26)25-11-14-4-3-9-24-18(14)30-12-19(20,21)22/h3-10,23H,11-12H2,1-2H3,(H,25,26)/b8-6+. The molecule has 0 unspecified atom stereocenters. The molecule has 1 aromatic heterocycles. The van der Waals surface area contributed by atoms with Crippen molar-refractivity contribution < 1.29 is 35.9 Å². The highest BCUT2D eigenvalue weighted by molar-refractivity contribution is 7.89. The number of halogens is 3. The molecule has 2 N–H and O–H groups in total. The van der Waals surface area contributed by atoms with Gasteiger partial charge >= 0.3 is 6.18 Å². The van der Waals surface area contributed by atoms with Crippen LogP contribution < -0.4 is 19.5 Å². The number of amides is 1. The molecule has 0 atom stereocenters. The van der Waals surface area contributed by atoms with Gasteiger partial charge in [0.05, 0.1) is 7.11 Å². The molecule has 0 saturated carbocycles. The quantitative estimate of drug-likeness (QED) is 0.558. The van der Waals surface area contributed by atoms with Gasteiger partial charge in [0.2, 0.25) is 21.8 Å². The molecule has 0 saturated heterocycles. The van der Waals surface area contributed by atoms with Crippen molar-refractivity contribution in [3.8, 4) is 11.6 Å². The zero-order chi connectivity index (χ0) is 23.1. The van der Waals surface area contributed by atoms with Crippen molar-refractivity contribution in [2.45, 2.75) is 17.6 Å². The smallest absolute Gasteiger partial charge is 0.422 e. The molecular formula is C19H20F3N3O5S. The van der Waals surface area contributed by atoms with Crippen LogP contribution in [0.4, 0.5) is 13.2 Å². The van der Waals surface area contributed by atoms with Gasteiger partial charge in [-0.3, -0.25) is 4.79 Å². The maximum Gasteiger partial charge on any atom is 0.422 e. The third-order valence-electron chi connectivity index (χ3n) is 3.85. The molecule has 12 heteroatoms. The molecule has 168 valence electrons. The summed E-state index contributed by atoms with van der Waals surface area (Å²) in [5, 5.41) is 2.50. The molecule has 1 heterocycles. The molecule has 1 amide bonds. The van der Waals surface area contributed by atoms with Crippen molar-refractivity contribution >= 4 is 22.0 Å². The van der Waals surface area contributed by atoms with Crippen LogP contribution in [0.25, 0.3) is 6.08 Å². The Labute approximate surface area is 177 Å². The Morgan fingerprint density at radius 2 is 2.00 bits per heavy atom. The fraction of sp³-hybridized carbons (Fsp3) is 0.263. The number of hydrogen-bond acceptors (Lipinski definition) is 6. The first-order chi connectivity index (χ1) is 14.6. The Morgan fingerprint density at radius 3 is 2.65 bits per heavy atom. The van der Waals surface area contributed by atoms with Gasteiger partial charge in [-0.15, -0.1) is 0 Å². The lowest BCUT2D eigenvalue weighted by molar-refractivity contribution is -0.154. The number of alkyl halides is 3. The van der Waals surface area contributed by atoms with Crippen molar-refractivity contribution in [3.63, 3.8) is 0 Å². The van der Waals surface area contributed by atoms with Gasteiger partial charge < -0.3 is 14.8 Å². The van der Waals surface area contributed by atoms with Gasteiger partial charge in [0, 0.05) is 24.4 Å². The second-order valence-electron chi connectivity index (χ2n) is 6.04. The minimum absolute atomic E-state index is 0.0955. The van der Waals surface area contributed by atoms with E-state index in [0.29, 0.717) is 5.56 Å². The maximum absolute atomic E-state index is 12.3. The van der Waals surface area contributed by atoms with Gasteiger partial charge in [0.15, 0.2) is 6.61 Å². The van der Waals surface area contributed by atoms with Crippen molar-refractivity contribution in [1.29, 1.82) is 0 Å². The molecule has 0 radical (unpaired) electrons. The number of carbonyl (C=O) groups is 1. The van der Waals surface area contributed by atoms with Crippen LogP contribution in [0.1, 0.15) is 11.1 Å². The molecule has 1 aromatic carbocycles. The minimum Gasteiger partial charge on any atom is -0.495 e. The predicted molar refractivity (Wildman–Crippen MR) is 106 cm³/mol. The monoisotopic (exact) mass is 459 g/mol. The van der Waals surface area contributed by atoms with Crippen LogP contribution in [0.3, 0.4) is 0 Å². The van der Waals surface area contributed by atoms with E-state index in [1.165, 1.54) is 50.7 Å². The van der Waals surface area contributed by atoms with E-state index in [2.05, 4.69) is 19.8 Å². The number of sulfonamides is 1. The average molecular weight is 459 g/mol. The number of nitrogens with zero attached hydrogens (tertiary/aromatic N) is 1. The summed E-state index contributed by atoms with van der Waals surface area (Å²) in [7, 11) is -1.19. The molecule has 2 aromatic rings. The molecule has 2 rings (SSSR count). The second kappa shape index (κ2) is 10.3. The Bertz CT molecular complexity index is 1060. The second-order valence-corrected chi connectivity index (χ2v) is 7.90. The molecule has 8 nitrogen and oxygen atoms in total. The Hall–Kier alpha value is -3.12. The third kappa shape index (κ3) is 7.26. The number of benzene rings is 1. The summed E-state index contributed by atoms with van der Waals surface area (Å²) in [6.07, 6.45) is -0.700. The fourth-order valence-electron chi connectivity index (χ4n) is 2.37. The van der Waals surface area contributed by atoms with Gasteiger partial charge in [-0.2, -0.15) is 13.2 Å². The predicted octanol–water partition coefficient (Wildman–Crippen LogP) is 2.27. The molecule has 0 bridgehead atoms. The Kier molecular flexibility index (Phi) is 8.00. The summed E-state index contributed by atoms with van der Waals surface area (Å²) in [5.41, 5.74) is 0.681. The highest BCUT2D eigenvalue weighted by Crippen LogP contribution is 2.25. The summed E-state index contributed by atoms with van der Waals surface area (Å²) in [4.78, 5) is 15.7. The van der Waals surface area contributed by atoms with E-state index in [-0.39, 0.29) is 28.6 Å². The summed E-state index contributed by atoms with van der Waals surface area (Å²) in [6, 6.07) is 7.31. The first-order valence-electron chi connectivity index (χ1n) is 8.76. The highest BCUT2D eigenvalue weighted by Gasteiger charge is 2.29. The molecule has 0 aliphatic heterocycles. The topological polar surface area (TPSA) is 107 Å². The van der Waals surface area contributed by atoms with Crippen molar-refractivity contribution in [2.24, 2.45) is 0 Å². The van der Waals surface area contributed by atoms with Crippen LogP contribution in [-0.2, 0) is 21.4 Å². The van der Waals surface area contributed by atoms with E-state index in [9.17, 15) is 26.4 Å². The van der Waals surface area contributed by atoms with Gasteiger partial charge in [-0.25, -0.2) is 18.1 Å². The van der Waals surface area contributed by atoms with E-state index in [4.69, 9.17) is 4.74 Å². The molecule has 0 fully saturated rings. The number of ether oxygens (including phenoxy) is 2. The first-order valence-corrected chi connectivity index (χ1v) is 10.2. The van der Waals surface area contributed by atoms with Crippen molar-refractivity contribution in [3.05, 3.63) is 53.7 Å². The van der Waals surface area contributed by atoms with Crippen LogP contribution in [0.5, 0.6) is 11.6 Å². The number of nitrogens with one attached hydrogen (secondary N) is 2. The number of hydrogen-bond donors (Lipinski definition) is 2. The van der Waals surface area contributed by atoms with Crippen LogP contribution in [0.2, 0.25) is 0 Å². The SMILES string of the molecule is CNS(=O)(=O)c1cc(/C=C/C(=O)NCc2cccnc2OCC(F)(F)F)ccc1OC. The number of pyridine rings is 1. The average Bonchev–Trinajstić information content (AvgIpc) is 2.74. The number of rotatable bonds is 9. The maximum atomic E-state index is 12.3. The van der Waals surface area contributed by atoms with E-state index in [1.807, 2.05) is 0 Å². The van der Waals surface area contributed by atoms with Gasteiger partial charge in [-0.05, 0) is 36.9 Å². The zero-order valence-corrected chi connectivity index (χ0v) is 17.4. The van der Waals surface area contributed by atoms with Crippen LogP contribution in [0.15, 0.2) is 47.5 Å². The molecule has 0 aliphatic carbocycles. The first kappa shape index (κ1) is 24.2. The number of methoxy groups -OCH3 is 1.